The number of piperidine rings is 1. The molecule has 6 nitrogen and oxygen atoms in total. The van der Waals surface area contributed by atoms with Gasteiger partial charge in [0.1, 0.15) is 0 Å². The molecule has 1 N–H and O–H groups in total. The number of benzene rings is 1. The number of carbonyl (C=O) groups excluding carboxylic acids is 1. The summed E-state index contributed by atoms with van der Waals surface area (Å²) in [5, 5.41) is 7.03. The van der Waals surface area contributed by atoms with Crippen molar-refractivity contribution in [3.63, 3.8) is 0 Å². The Kier molecular flexibility index (Phi) is 3.96. The van der Waals surface area contributed by atoms with Gasteiger partial charge in [-0.05, 0) is 32.0 Å². The third-order valence-corrected chi connectivity index (χ3v) is 3.87. The van der Waals surface area contributed by atoms with E-state index in [1.54, 1.807) is 0 Å². The highest BCUT2D eigenvalue weighted by Gasteiger charge is 2.23. The Morgan fingerprint density at radius 1 is 1.38 bits per heavy atom. The fraction of sp³-hybridized carbons (Fsp3) is 0.400. The number of nitrogens with zero attached hydrogens (tertiary/aromatic N) is 3. The maximum atomic E-state index is 12.5. The van der Waals surface area contributed by atoms with Crippen LogP contribution in [-0.2, 0) is 0 Å². The van der Waals surface area contributed by atoms with E-state index in [4.69, 9.17) is 4.52 Å². The number of likely N-dealkylation sites (N-methyl/N-ethyl adjacent to an activating group) is 1. The van der Waals surface area contributed by atoms with Gasteiger partial charge in [0, 0.05) is 30.3 Å². The number of amides is 1. The average Bonchev–Trinajstić information content (AvgIpc) is 3.09. The van der Waals surface area contributed by atoms with E-state index in [1.165, 1.54) is 6.39 Å². The molecule has 1 aliphatic rings. The molecule has 3 rings (SSSR count). The van der Waals surface area contributed by atoms with Gasteiger partial charge in [0.15, 0.2) is 0 Å². The summed E-state index contributed by atoms with van der Waals surface area (Å²) in [4.78, 5) is 18.4. The summed E-state index contributed by atoms with van der Waals surface area (Å²) in [6.45, 7) is 1.59. The smallest absolute Gasteiger partial charge is 0.253 e. The maximum absolute atomic E-state index is 12.5. The zero-order chi connectivity index (χ0) is 14.7. The zero-order valence-corrected chi connectivity index (χ0v) is 12.0. The van der Waals surface area contributed by atoms with E-state index in [2.05, 4.69) is 15.5 Å². The van der Waals surface area contributed by atoms with Crippen molar-refractivity contribution in [3.8, 4) is 11.4 Å². The second-order valence-electron chi connectivity index (χ2n) is 5.21. The Labute approximate surface area is 123 Å². The predicted octanol–water partition coefficient (Wildman–Crippen LogP) is 1.56. The average molecular weight is 286 g/mol. The number of carbonyl (C=O) groups is 1. The highest BCUT2D eigenvalue weighted by Crippen LogP contribution is 2.18. The molecule has 1 atom stereocenters. The summed E-state index contributed by atoms with van der Waals surface area (Å²) in [5.74, 6) is 0.608. The number of rotatable bonds is 3. The molecular weight excluding hydrogens is 268 g/mol. The molecule has 21 heavy (non-hydrogen) atoms. The molecule has 0 aliphatic carbocycles. The highest BCUT2D eigenvalue weighted by molar-refractivity contribution is 5.94. The van der Waals surface area contributed by atoms with Gasteiger partial charge in [0.2, 0.25) is 12.2 Å². The largest absolute Gasteiger partial charge is 0.342 e. The summed E-state index contributed by atoms with van der Waals surface area (Å²) in [7, 11) is 1.94. The molecule has 1 saturated heterocycles. The minimum absolute atomic E-state index is 0.0783. The van der Waals surface area contributed by atoms with Crippen molar-refractivity contribution < 1.29 is 9.32 Å². The first kappa shape index (κ1) is 13.8. The molecule has 1 amide bonds. The lowest BCUT2D eigenvalue weighted by Crippen LogP contribution is -2.46. The fourth-order valence-corrected chi connectivity index (χ4v) is 2.64. The van der Waals surface area contributed by atoms with Crippen LogP contribution in [0.5, 0.6) is 0 Å². The SMILES string of the molecule is CNC1CCCN(C(=O)c2ccc(-c3ncon3)cc2)C1. The van der Waals surface area contributed by atoms with Crippen LogP contribution in [0.15, 0.2) is 35.2 Å². The Hall–Kier alpha value is -2.21. The van der Waals surface area contributed by atoms with Gasteiger partial charge in [-0.15, -0.1) is 0 Å². The van der Waals surface area contributed by atoms with Crippen molar-refractivity contribution in [2.75, 3.05) is 20.1 Å². The molecule has 1 aliphatic heterocycles. The third kappa shape index (κ3) is 2.95. The van der Waals surface area contributed by atoms with Crippen LogP contribution in [0.3, 0.4) is 0 Å². The van der Waals surface area contributed by atoms with Crippen molar-refractivity contribution in [1.82, 2.24) is 20.4 Å². The van der Waals surface area contributed by atoms with Crippen LogP contribution >= 0.6 is 0 Å². The van der Waals surface area contributed by atoms with Gasteiger partial charge in [0.25, 0.3) is 5.91 Å². The van der Waals surface area contributed by atoms with Gasteiger partial charge in [-0.25, -0.2) is 0 Å². The molecule has 0 bridgehead atoms. The van der Waals surface area contributed by atoms with E-state index >= 15 is 0 Å². The molecule has 1 fully saturated rings. The van der Waals surface area contributed by atoms with Crippen LogP contribution in [0.1, 0.15) is 23.2 Å². The maximum Gasteiger partial charge on any atom is 0.253 e. The molecule has 110 valence electrons. The van der Waals surface area contributed by atoms with Gasteiger partial charge >= 0.3 is 0 Å². The first-order valence-electron chi connectivity index (χ1n) is 7.11. The van der Waals surface area contributed by atoms with E-state index in [9.17, 15) is 4.79 Å². The van der Waals surface area contributed by atoms with Crippen molar-refractivity contribution in [3.05, 3.63) is 36.2 Å². The number of aromatic nitrogens is 2. The Bertz CT molecular complexity index is 595. The van der Waals surface area contributed by atoms with Gasteiger partial charge < -0.3 is 14.7 Å². The number of nitrogens with one attached hydrogen (secondary N) is 1. The van der Waals surface area contributed by atoms with Gasteiger partial charge in [-0.1, -0.05) is 17.3 Å². The summed E-state index contributed by atoms with van der Waals surface area (Å²) < 4.78 is 4.72. The number of likely N-dealkylation sites (tertiary alicyclic amines) is 1. The Balaban J connectivity index is 1.73. The van der Waals surface area contributed by atoms with Crippen LogP contribution in [0.4, 0.5) is 0 Å². The van der Waals surface area contributed by atoms with Gasteiger partial charge in [0.05, 0.1) is 0 Å². The second kappa shape index (κ2) is 6.05. The normalized spacial score (nSPS) is 18.7. The summed E-state index contributed by atoms with van der Waals surface area (Å²) in [6, 6.07) is 7.71. The minimum Gasteiger partial charge on any atom is -0.342 e. The first-order chi connectivity index (χ1) is 10.3. The molecule has 1 aromatic carbocycles. The minimum atomic E-state index is 0.0783. The van der Waals surface area contributed by atoms with Crippen molar-refractivity contribution in [2.45, 2.75) is 18.9 Å². The van der Waals surface area contributed by atoms with Crippen molar-refractivity contribution in [1.29, 1.82) is 0 Å². The van der Waals surface area contributed by atoms with Gasteiger partial charge in [-0.3, -0.25) is 4.79 Å². The Morgan fingerprint density at radius 2 is 2.19 bits per heavy atom. The molecule has 6 heteroatoms. The van der Waals surface area contributed by atoms with Crippen molar-refractivity contribution >= 4 is 5.91 Å². The lowest BCUT2D eigenvalue weighted by molar-refractivity contribution is 0.0698. The quantitative estimate of drug-likeness (QED) is 0.927. The van der Waals surface area contributed by atoms with E-state index in [-0.39, 0.29) is 5.91 Å². The lowest BCUT2D eigenvalue weighted by Gasteiger charge is -2.32. The molecule has 2 heterocycles. The Morgan fingerprint density at radius 3 is 2.86 bits per heavy atom. The second-order valence-corrected chi connectivity index (χ2v) is 5.21. The summed E-state index contributed by atoms with van der Waals surface area (Å²) in [6.07, 6.45) is 3.45. The van der Waals surface area contributed by atoms with Crippen molar-refractivity contribution in [2.24, 2.45) is 0 Å². The molecule has 0 spiro atoms. The molecule has 1 unspecified atom stereocenters. The van der Waals surface area contributed by atoms with E-state index in [1.807, 2.05) is 36.2 Å². The van der Waals surface area contributed by atoms with E-state index < -0.39 is 0 Å². The van der Waals surface area contributed by atoms with E-state index in [0.717, 1.165) is 31.5 Å². The van der Waals surface area contributed by atoms with Crippen LogP contribution < -0.4 is 5.32 Å². The van der Waals surface area contributed by atoms with E-state index in [0.29, 0.717) is 17.4 Å². The standard InChI is InChI=1S/C15H18N4O2/c1-16-13-3-2-8-19(9-13)15(20)12-6-4-11(5-7-12)14-17-10-21-18-14/h4-7,10,13,16H,2-3,8-9H2,1H3. The van der Waals surface area contributed by atoms with Crippen LogP contribution in [0.2, 0.25) is 0 Å². The topological polar surface area (TPSA) is 71.3 Å². The van der Waals surface area contributed by atoms with Gasteiger partial charge in [-0.2, -0.15) is 4.98 Å². The van der Waals surface area contributed by atoms with Crippen LogP contribution in [0.25, 0.3) is 11.4 Å². The molecule has 2 aromatic rings. The fourth-order valence-electron chi connectivity index (χ4n) is 2.64. The lowest BCUT2D eigenvalue weighted by atomic mass is 10.0. The zero-order valence-electron chi connectivity index (χ0n) is 12.0. The highest BCUT2D eigenvalue weighted by atomic mass is 16.5. The molecular formula is C15H18N4O2. The molecule has 0 radical (unpaired) electrons. The summed E-state index contributed by atoms with van der Waals surface area (Å²) >= 11 is 0. The van der Waals surface area contributed by atoms with Crippen LogP contribution in [-0.4, -0.2) is 47.1 Å². The number of hydrogen-bond donors (Lipinski definition) is 1. The number of hydrogen-bond acceptors (Lipinski definition) is 5. The monoisotopic (exact) mass is 286 g/mol. The van der Waals surface area contributed by atoms with Crippen LogP contribution in [0, 0.1) is 0 Å². The summed E-state index contributed by atoms with van der Waals surface area (Å²) in [5.41, 5.74) is 1.53. The first-order valence-corrected chi connectivity index (χ1v) is 7.11. The predicted molar refractivity (Wildman–Crippen MR) is 77.7 cm³/mol. The molecule has 0 saturated carbocycles. The third-order valence-electron chi connectivity index (χ3n) is 3.87. The molecule has 1 aromatic heterocycles.